The van der Waals surface area contributed by atoms with E-state index >= 15 is 0 Å². The summed E-state index contributed by atoms with van der Waals surface area (Å²) in [7, 11) is 0. The molecule has 0 fully saturated rings. The number of rotatable bonds is 12. The van der Waals surface area contributed by atoms with E-state index in [0.29, 0.717) is 0 Å². The van der Waals surface area contributed by atoms with Gasteiger partial charge in [0.1, 0.15) is 0 Å². The minimum atomic E-state index is -0.839. The maximum absolute atomic E-state index is 10.2. The molecule has 23 heavy (non-hydrogen) atoms. The van der Waals surface area contributed by atoms with Gasteiger partial charge >= 0.3 is 41.5 Å². The van der Waals surface area contributed by atoms with Crippen LogP contribution >= 0.6 is 0 Å². The van der Waals surface area contributed by atoms with Gasteiger partial charge in [-0.2, -0.15) is 0 Å². The molecule has 0 aromatic heterocycles. The summed E-state index contributed by atoms with van der Waals surface area (Å²) in [4.78, 5) is 23.4. The second-order valence-electron chi connectivity index (χ2n) is 4.97. The van der Waals surface area contributed by atoms with Gasteiger partial charge in [-0.25, -0.2) is 0 Å². The van der Waals surface area contributed by atoms with E-state index in [0.717, 1.165) is 6.42 Å². The first-order valence-corrected chi connectivity index (χ1v) is 8.14. The van der Waals surface area contributed by atoms with Crippen molar-refractivity contribution in [2.24, 2.45) is 4.99 Å². The monoisotopic (exact) mass is 337 g/mol. The molecule has 0 bridgehead atoms. The second-order valence-corrected chi connectivity index (χ2v) is 4.97. The number of carbonyl (C=O) groups is 2. The number of aliphatic imine (C=N–C) groups is 1. The van der Waals surface area contributed by atoms with Crippen LogP contribution in [-0.2, 0) is 9.59 Å². The van der Waals surface area contributed by atoms with Crippen molar-refractivity contribution in [3.05, 3.63) is 12.3 Å². The summed E-state index contributed by atoms with van der Waals surface area (Å²) in [5.74, 6) is -1.58. The molecule has 0 heterocycles. The molecule has 2 N–H and O–H groups in total. The van der Waals surface area contributed by atoms with Gasteiger partial charge < -0.3 is 11.6 Å². The fourth-order valence-corrected chi connectivity index (χ4v) is 1.55. The molecule has 6 heteroatoms. The molecule has 0 amide bonds. The number of nitrogens with zero attached hydrogens (tertiary/aromatic N) is 1. The average molecular weight is 337 g/mol. The smallest absolute Gasteiger partial charge is 1.00 e. The summed E-state index contributed by atoms with van der Waals surface area (Å²) in [5.41, 5.74) is 0. The summed E-state index contributed by atoms with van der Waals surface area (Å²) in [6, 6.07) is 0. The van der Waals surface area contributed by atoms with Gasteiger partial charge in [0.05, 0.1) is 6.42 Å². The first kappa shape index (κ1) is 27.2. The van der Waals surface area contributed by atoms with Crippen LogP contribution in [0.2, 0.25) is 0 Å². The molecule has 0 aliphatic rings. The summed E-state index contributed by atoms with van der Waals surface area (Å²) >= 11 is 0. The Balaban J connectivity index is -0.000000250. The molecule has 0 atom stereocenters. The molecule has 0 saturated heterocycles. The Kier molecular flexibility index (Phi) is 27.9. The van der Waals surface area contributed by atoms with Gasteiger partial charge in [-0.05, 0) is 12.8 Å². The van der Waals surface area contributed by atoms with E-state index in [-0.39, 0.29) is 43.8 Å². The fraction of sp³-hybridized carbons (Fsp3) is 0.706. The standard InChI is InChI=1S/C14H25NO2.C3H6O2.Na.H/c1-2-3-4-5-6-7-8-9-10-12-15-13-11-14(16)17;1-2-3(4)5;;/h10,12-13H,2-9,11H2,1H3,(H,16,17);2H2,1H3,(H,4,5);;/q;;+1;-1. The van der Waals surface area contributed by atoms with Crippen LogP contribution in [0.25, 0.3) is 0 Å². The van der Waals surface area contributed by atoms with Gasteiger partial charge in [0.15, 0.2) is 0 Å². The first-order chi connectivity index (χ1) is 10.5. The zero-order valence-corrected chi connectivity index (χ0v) is 17.0. The van der Waals surface area contributed by atoms with E-state index < -0.39 is 11.9 Å². The molecule has 0 aromatic rings. The minimum absolute atomic E-state index is 0. The van der Waals surface area contributed by atoms with Gasteiger partial charge in [0, 0.05) is 18.8 Å². The van der Waals surface area contributed by atoms with Crippen LogP contribution in [0.15, 0.2) is 17.3 Å². The van der Waals surface area contributed by atoms with E-state index in [1.54, 1.807) is 13.1 Å². The molecule has 0 spiro atoms. The van der Waals surface area contributed by atoms with Crippen LogP contribution in [-0.4, -0.2) is 28.4 Å². The number of carboxylic acid groups (broad SMARTS) is 2. The molecule has 0 aliphatic carbocycles. The van der Waals surface area contributed by atoms with Crippen LogP contribution in [0, 0.1) is 0 Å². The number of carboxylic acids is 2. The summed E-state index contributed by atoms with van der Waals surface area (Å²) < 4.78 is 0. The number of allylic oxidation sites excluding steroid dienone is 1. The Morgan fingerprint density at radius 3 is 1.96 bits per heavy atom. The Labute approximate surface area is 164 Å². The van der Waals surface area contributed by atoms with Crippen LogP contribution in [0.5, 0.6) is 0 Å². The van der Waals surface area contributed by atoms with Gasteiger partial charge in [0.25, 0.3) is 0 Å². The molecule has 0 aliphatic heterocycles. The molecule has 130 valence electrons. The largest absolute Gasteiger partial charge is 1.00 e. The van der Waals surface area contributed by atoms with Crippen molar-refractivity contribution in [2.45, 2.75) is 78.1 Å². The van der Waals surface area contributed by atoms with Crippen LogP contribution < -0.4 is 29.6 Å². The number of hydrogen-bond donors (Lipinski definition) is 2. The Bertz CT molecular complexity index is 337. The summed E-state index contributed by atoms with van der Waals surface area (Å²) in [6.45, 7) is 3.83. The topological polar surface area (TPSA) is 87.0 Å². The van der Waals surface area contributed by atoms with Crippen molar-refractivity contribution >= 4 is 18.2 Å². The molecule has 0 aromatic carbocycles. The van der Waals surface area contributed by atoms with Gasteiger partial charge in [-0.15, -0.1) is 0 Å². The molecule has 0 rings (SSSR count). The number of aliphatic carboxylic acids is 2. The van der Waals surface area contributed by atoms with E-state index in [9.17, 15) is 9.59 Å². The van der Waals surface area contributed by atoms with Crippen LogP contribution in [0.1, 0.15) is 79.5 Å². The Morgan fingerprint density at radius 2 is 1.48 bits per heavy atom. The molecule has 5 nitrogen and oxygen atoms in total. The van der Waals surface area contributed by atoms with Crippen molar-refractivity contribution in [1.82, 2.24) is 0 Å². The zero-order chi connectivity index (χ0) is 17.1. The van der Waals surface area contributed by atoms with E-state index in [1.165, 1.54) is 51.2 Å². The third kappa shape index (κ3) is 33.9. The minimum Gasteiger partial charge on any atom is -1.00 e. The average Bonchev–Trinajstić information content (AvgIpc) is 2.48. The fourth-order valence-electron chi connectivity index (χ4n) is 1.55. The van der Waals surface area contributed by atoms with Crippen LogP contribution in [0.4, 0.5) is 0 Å². The predicted molar refractivity (Wildman–Crippen MR) is 91.5 cm³/mol. The van der Waals surface area contributed by atoms with Crippen molar-refractivity contribution in [1.29, 1.82) is 0 Å². The predicted octanol–water partition coefficient (Wildman–Crippen LogP) is 1.78. The van der Waals surface area contributed by atoms with Crippen LogP contribution in [0.3, 0.4) is 0 Å². The van der Waals surface area contributed by atoms with Crippen molar-refractivity contribution in [3.63, 3.8) is 0 Å². The molecular weight excluding hydrogens is 305 g/mol. The first-order valence-electron chi connectivity index (χ1n) is 8.14. The van der Waals surface area contributed by atoms with E-state index in [2.05, 4.69) is 11.9 Å². The molecular formula is C17H32NNaO4. The molecule has 0 radical (unpaired) electrons. The Morgan fingerprint density at radius 1 is 0.957 bits per heavy atom. The van der Waals surface area contributed by atoms with E-state index in [4.69, 9.17) is 10.2 Å². The Hall–Kier alpha value is -0.650. The maximum atomic E-state index is 10.2. The van der Waals surface area contributed by atoms with Gasteiger partial charge in [-0.3, -0.25) is 14.6 Å². The molecule has 0 saturated carbocycles. The van der Waals surface area contributed by atoms with Crippen molar-refractivity contribution in [3.8, 4) is 0 Å². The van der Waals surface area contributed by atoms with Gasteiger partial charge in [0.2, 0.25) is 0 Å². The maximum Gasteiger partial charge on any atom is 1.00 e. The zero-order valence-electron chi connectivity index (χ0n) is 16.0. The second kappa shape index (κ2) is 23.6. The van der Waals surface area contributed by atoms with Gasteiger partial charge in [-0.1, -0.05) is 58.4 Å². The summed E-state index contributed by atoms with van der Waals surface area (Å²) in [5, 5.41) is 16.1. The SMILES string of the molecule is CCC(=O)O.CCCCCCCCCC=CN=CCC(=O)O.[H-].[Na+]. The summed E-state index contributed by atoms with van der Waals surface area (Å²) in [6.07, 6.45) is 15.6. The van der Waals surface area contributed by atoms with E-state index in [1.807, 2.05) is 6.08 Å². The quantitative estimate of drug-likeness (QED) is 0.323. The number of unbranched alkanes of at least 4 members (excludes halogenated alkanes) is 7. The van der Waals surface area contributed by atoms with Crippen molar-refractivity contribution in [2.75, 3.05) is 0 Å². The molecule has 0 unspecified atom stereocenters. The normalized spacial score (nSPS) is 10.2. The third-order valence-electron chi connectivity index (χ3n) is 2.84. The van der Waals surface area contributed by atoms with Crippen molar-refractivity contribution < 1.29 is 50.8 Å². The number of hydrogen-bond acceptors (Lipinski definition) is 3. The third-order valence-corrected chi connectivity index (χ3v) is 2.84.